The first kappa shape index (κ1) is 16.8. The van der Waals surface area contributed by atoms with Crippen LogP contribution in [0.25, 0.3) is 22.4 Å². The van der Waals surface area contributed by atoms with Gasteiger partial charge in [0.1, 0.15) is 17.3 Å². The van der Waals surface area contributed by atoms with Crippen molar-refractivity contribution in [3.63, 3.8) is 0 Å². The van der Waals surface area contributed by atoms with Gasteiger partial charge in [-0.1, -0.05) is 38.0 Å². The number of carboxylic acids is 1. The summed E-state index contributed by atoms with van der Waals surface area (Å²) in [4.78, 5) is 23.8. The molecular formula is C18H19N3O4. The van der Waals surface area contributed by atoms with Crippen molar-refractivity contribution >= 4 is 22.8 Å². The van der Waals surface area contributed by atoms with Gasteiger partial charge < -0.3 is 14.8 Å². The molecule has 0 aliphatic carbocycles. The topological polar surface area (TPSA) is 108 Å². The number of aliphatic carboxylic acids is 1. The number of amides is 1. The summed E-state index contributed by atoms with van der Waals surface area (Å²) < 4.78 is 5.75. The van der Waals surface area contributed by atoms with Gasteiger partial charge in [-0.2, -0.15) is 5.10 Å². The fourth-order valence-electron chi connectivity index (χ4n) is 2.65. The number of carboxylic acid groups (broad SMARTS) is 1. The summed E-state index contributed by atoms with van der Waals surface area (Å²) in [7, 11) is 0. The Morgan fingerprint density at radius 1 is 1.36 bits per heavy atom. The van der Waals surface area contributed by atoms with Crippen LogP contribution in [0, 0.1) is 0 Å². The van der Waals surface area contributed by atoms with Crippen LogP contribution < -0.4 is 5.32 Å². The second-order valence-electron chi connectivity index (χ2n) is 5.81. The van der Waals surface area contributed by atoms with Crippen molar-refractivity contribution in [3.05, 3.63) is 42.1 Å². The van der Waals surface area contributed by atoms with Gasteiger partial charge in [0.25, 0.3) is 5.91 Å². The highest BCUT2D eigenvalue weighted by atomic mass is 16.4. The maximum atomic E-state index is 12.5. The standard InChI is InChI=1S/C18H19N3O4/c1-2-3-7-13(18(23)24)20-17(22)12-10-19-21-16(12)15-9-11-6-4-5-8-14(11)25-15/h4-6,8-10,13H,2-3,7H2,1H3,(H,19,21)(H,20,22)(H,23,24). The number of benzene rings is 1. The summed E-state index contributed by atoms with van der Waals surface area (Å²) in [6.45, 7) is 1.97. The lowest BCUT2D eigenvalue weighted by Crippen LogP contribution is -2.40. The van der Waals surface area contributed by atoms with Gasteiger partial charge in [-0.15, -0.1) is 0 Å². The SMILES string of the molecule is CCCCC(NC(=O)c1cn[nH]c1-c1cc2ccccc2o1)C(=O)O. The van der Waals surface area contributed by atoms with E-state index in [2.05, 4.69) is 15.5 Å². The number of furan rings is 1. The van der Waals surface area contributed by atoms with E-state index in [9.17, 15) is 14.7 Å². The number of unbranched alkanes of at least 4 members (excludes halogenated alkanes) is 1. The highest BCUT2D eigenvalue weighted by molar-refractivity contribution is 6.01. The van der Waals surface area contributed by atoms with Gasteiger partial charge in [-0.3, -0.25) is 9.89 Å². The largest absolute Gasteiger partial charge is 0.480 e. The van der Waals surface area contributed by atoms with Crippen molar-refractivity contribution in [2.75, 3.05) is 0 Å². The van der Waals surface area contributed by atoms with Crippen LogP contribution in [0.15, 0.2) is 40.9 Å². The molecule has 130 valence electrons. The molecule has 7 heteroatoms. The molecule has 0 bridgehead atoms. The lowest BCUT2D eigenvalue weighted by molar-refractivity contribution is -0.139. The Morgan fingerprint density at radius 3 is 2.88 bits per heavy atom. The molecule has 2 aromatic heterocycles. The molecule has 0 fully saturated rings. The summed E-state index contributed by atoms with van der Waals surface area (Å²) in [6.07, 6.45) is 3.33. The molecule has 0 aliphatic heterocycles. The lowest BCUT2D eigenvalue weighted by atomic mass is 10.1. The van der Waals surface area contributed by atoms with Crippen LogP contribution in [0.4, 0.5) is 0 Å². The van der Waals surface area contributed by atoms with Crippen LogP contribution in [-0.4, -0.2) is 33.2 Å². The number of hydrogen-bond donors (Lipinski definition) is 3. The molecule has 3 rings (SSSR count). The Bertz CT molecular complexity index is 864. The Kier molecular flexibility index (Phi) is 4.83. The zero-order valence-corrected chi connectivity index (χ0v) is 13.8. The van der Waals surface area contributed by atoms with E-state index in [1.807, 2.05) is 37.3 Å². The van der Waals surface area contributed by atoms with Crippen LogP contribution >= 0.6 is 0 Å². The predicted octanol–water partition coefficient (Wildman–Crippen LogP) is 3.20. The van der Waals surface area contributed by atoms with Gasteiger partial charge in [-0.05, 0) is 18.6 Å². The molecule has 7 nitrogen and oxygen atoms in total. The van der Waals surface area contributed by atoms with Crippen molar-refractivity contribution in [2.24, 2.45) is 0 Å². The average Bonchev–Trinajstić information content (AvgIpc) is 3.23. The van der Waals surface area contributed by atoms with Gasteiger partial charge in [-0.25, -0.2) is 4.79 Å². The van der Waals surface area contributed by atoms with E-state index in [0.29, 0.717) is 23.5 Å². The first-order chi connectivity index (χ1) is 12.1. The second-order valence-corrected chi connectivity index (χ2v) is 5.81. The van der Waals surface area contributed by atoms with Crippen molar-refractivity contribution in [2.45, 2.75) is 32.2 Å². The van der Waals surface area contributed by atoms with Crippen molar-refractivity contribution in [3.8, 4) is 11.5 Å². The van der Waals surface area contributed by atoms with Gasteiger partial charge in [0.15, 0.2) is 5.76 Å². The van der Waals surface area contributed by atoms with Crippen LogP contribution in [-0.2, 0) is 4.79 Å². The minimum atomic E-state index is -1.05. The Balaban J connectivity index is 1.85. The summed E-state index contributed by atoms with van der Waals surface area (Å²) in [5, 5.41) is 19.4. The van der Waals surface area contributed by atoms with E-state index in [1.165, 1.54) is 6.20 Å². The maximum absolute atomic E-state index is 12.5. The molecule has 1 aromatic carbocycles. The highest BCUT2D eigenvalue weighted by Crippen LogP contribution is 2.28. The van der Waals surface area contributed by atoms with Gasteiger partial charge >= 0.3 is 5.97 Å². The Labute approximate surface area is 144 Å². The van der Waals surface area contributed by atoms with Gasteiger partial charge in [0, 0.05) is 5.39 Å². The number of carbonyl (C=O) groups is 2. The number of para-hydroxylation sites is 1. The molecule has 2 heterocycles. The monoisotopic (exact) mass is 341 g/mol. The summed E-state index contributed by atoms with van der Waals surface area (Å²) in [6, 6.07) is 8.38. The Hall–Kier alpha value is -3.09. The van der Waals surface area contributed by atoms with E-state index in [1.54, 1.807) is 0 Å². The number of aromatic amines is 1. The molecule has 0 spiro atoms. The fraction of sp³-hybridized carbons (Fsp3) is 0.278. The number of rotatable bonds is 7. The summed E-state index contributed by atoms with van der Waals surface area (Å²) in [5.74, 6) is -1.06. The number of carbonyl (C=O) groups excluding carboxylic acids is 1. The molecule has 0 aliphatic rings. The third kappa shape index (κ3) is 3.55. The summed E-state index contributed by atoms with van der Waals surface area (Å²) >= 11 is 0. The zero-order valence-electron chi connectivity index (χ0n) is 13.8. The van der Waals surface area contributed by atoms with E-state index < -0.39 is 17.9 Å². The van der Waals surface area contributed by atoms with Crippen molar-refractivity contribution in [1.82, 2.24) is 15.5 Å². The van der Waals surface area contributed by atoms with Crippen LogP contribution in [0.1, 0.15) is 36.5 Å². The molecule has 0 radical (unpaired) electrons. The number of H-pyrrole nitrogens is 1. The van der Waals surface area contributed by atoms with Crippen molar-refractivity contribution < 1.29 is 19.1 Å². The fourth-order valence-corrected chi connectivity index (χ4v) is 2.65. The van der Waals surface area contributed by atoms with Gasteiger partial charge in [0.05, 0.1) is 11.8 Å². The van der Waals surface area contributed by atoms with E-state index in [-0.39, 0.29) is 5.56 Å². The van der Waals surface area contributed by atoms with Gasteiger partial charge in [0.2, 0.25) is 0 Å². The molecule has 25 heavy (non-hydrogen) atoms. The molecule has 1 unspecified atom stereocenters. The van der Waals surface area contributed by atoms with E-state index >= 15 is 0 Å². The minimum absolute atomic E-state index is 0.252. The number of hydrogen-bond acceptors (Lipinski definition) is 4. The first-order valence-electron chi connectivity index (χ1n) is 8.16. The first-order valence-corrected chi connectivity index (χ1v) is 8.16. The molecule has 3 N–H and O–H groups in total. The van der Waals surface area contributed by atoms with Crippen LogP contribution in [0.3, 0.4) is 0 Å². The molecule has 1 atom stereocenters. The molecule has 0 saturated heterocycles. The quantitative estimate of drug-likeness (QED) is 0.611. The highest BCUT2D eigenvalue weighted by Gasteiger charge is 2.24. The maximum Gasteiger partial charge on any atom is 0.326 e. The predicted molar refractivity (Wildman–Crippen MR) is 92.2 cm³/mol. The van der Waals surface area contributed by atoms with Crippen molar-refractivity contribution in [1.29, 1.82) is 0 Å². The smallest absolute Gasteiger partial charge is 0.326 e. The van der Waals surface area contributed by atoms with Crippen LogP contribution in [0.2, 0.25) is 0 Å². The minimum Gasteiger partial charge on any atom is -0.480 e. The van der Waals surface area contributed by atoms with E-state index in [4.69, 9.17) is 4.42 Å². The third-order valence-electron chi connectivity index (χ3n) is 4.01. The number of nitrogens with one attached hydrogen (secondary N) is 2. The normalized spacial score (nSPS) is 12.2. The number of nitrogens with zero attached hydrogens (tertiary/aromatic N) is 1. The third-order valence-corrected chi connectivity index (χ3v) is 4.01. The second kappa shape index (κ2) is 7.21. The summed E-state index contributed by atoms with van der Waals surface area (Å²) in [5.41, 5.74) is 1.37. The molecular weight excluding hydrogens is 322 g/mol. The molecule has 0 saturated carbocycles. The van der Waals surface area contributed by atoms with Crippen LogP contribution in [0.5, 0.6) is 0 Å². The number of aromatic nitrogens is 2. The zero-order chi connectivity index (χ0) is 17.8. The Morgan fingerprint density at radius 2 is 2.16 bits per heavy atom. The molecule has 1 amide bonds. The lowest BCUT2D eigenvalue weighted by Gasteiger charge is -2.13. The molecule has 3 aromatic rings. The number of fused-ring (bicyclic) bond motifs is 1. The van der Waals surface area contributed by atoms with E-state index in [0.717, 1.165) is 18.2 Å². The average molecular weight is 341 g/mol.